The van der Waals surface area contributed by atoms with Crippen LogP contribution in [0, 0.1) is 19.7 Å². The van der Waals surface area contributed by atoms with E-state index in [1.54, 1.807) is 32.0 Å². The van der Waals surface area contributed by atoms with Gasteiger partial charge in [-0.25, -0.2) is 4.39 Å². The topological polar surface area (TPSA) is 43.1 Å². The van der Waals surface area contributed by atoms with E-state index in [-0.39, 0.29) is 11.6 Å². The number of rotatable bonds is 2. The molecule has 0 saturated carbocycles. The van der Waals surface area contributed by atoms with E-state index in [2.05, 4.69) is 15.9 Å². The molecule has 0 aliphatic carbocycles. The molecule has 0 heterocycles. The molecule has 4 heteroatoms. The predicted molar refractivity (Wildman–Crippen MR) is 77.9 cm³/mol. The minimum Gasteiger partial charge on any atom is -0.399 e. The van der Waals surface area contributed by atoms with E-state index in [0.717, 1.165) is 4.47 Å². The van der Waals surface area contributed by atoms with Crippen molar-refractivity contribution in [3.63, 3.8) is 0 Å². The maximum absolute atomic E-state index is 13.3. The first kappa shape index (κ1) is 13.7. The van der Waals surface area contributed by atoms with Gasteiger partial charge in [0, 0.05) is 21.3 Å². The molecule has 0 spiro atoms. The number of halogens is 2. The Labute approximate surface area is 119 Å². The summed E-state index contributed by atoms with van der Waals surface area (Å²) in [5.41, 5.74) is 8.51. The summed E-state index contributed by atoms with van der Waals surface area (Å²) in [6.45, 7) is 3.45. The fourth-order valence-corrected chi connectivity index (χ4v) is 2.67. The van der Waals surface area contributed by atoms with Crippen molar-refractivity contribution in [2.75, 3.05) is 5.73 Å². The van der Waals surface area contributed by atoms with Gasteiger partial charge in [0.05, 0.1) is 0 Å². The number of nitrogens with two attached hydrogens (primary N) is 1. The summed E-state index contributed by atoms with van der Waals surface area (Å²) >= 11 is 3.31. The highest BCUT2D eigenvalue weighted by atomic mass is 79.9. The minimum atomic E-state index is -0.333. The Kier molecular flexibility index (Phi) is 3.71. The second kappa shape index (κ2) is 5.13. The Balaban J connectivity index is 2.56. The maximum Gasteiger partial charge on any atom is 0.193 e. The summed E-state index contributed by atoms with van der Waals surface area (Å²) in [6.07, 6.45) is 0. The maximum atomic E-state index is 13.3. The van der Waals surface area contributed by atoms with E-state index < -0.39 is 0 Å². The molecule has 0 saturated heterocycles. The molecule has 0 aliphatic heterocycles. The Morgan fingerprint density at radius 2 is 1.68 bits per heavy atom. The number of anilines is 1. The fraction of sp³-hybridized carbons (Fsp3) is 0.133. The zero-order chi connectivity index (χ0) is 14.2. The van der Waals surface area contributed by atoms with E-state index in [0.29, 0.717) is 27.9 Å². The van der Waals surface area contributed by atoms with E-state index in [9.17, 15) is 9.18 Å². The van der Waals surface area contributed by atoms with Crippen molar-refractivity contribution in [3.8, 4) is 0 Å². The van der Waals surface area contributed by atoms with Gasteiger partial charge in [-0.1, -0.05) is 15.9 Å². The average Bonchev–Trinajstić information content (AvgIpc) is 2.25. The first-order valence-electron chi connectivity index (χ1n) is 5.76. The highest BCUT2D eigenvalue weighted by molar-refractivity contribution is 9.10. The van der Waals surface area contributed by atoms with Crippen LogP contribution in [0.5, 0.6) is 0 Å². The fourth-order valence-electron chi connectivity index (χ4n) is 2.16. The van der Waals surface area contributed by atoms with Gasteiger partial charge in [0.25, 0.3) is 0 Å². The summed E-state index contributed by atoms with van der Waals surface area (Å²) < 4.78 is 14.0. The van der Waals surface area contributed by atoms with Crippen molar-refractivity contribution in [3.05, 3.63) is 62.9 Å². The zero-order valence-electron chi connectivity index (χ0n) is 10.6. The van der Waals surface area contributed by atoms with Gasteiger partial charge in [0.2, 0.25) is 0 Å². The number of benzene rings is 2. The summed E-state index contributed by atoms with van der Waals surface area (Å²) in [7, 11) is 0. The van der Waals surface area contributed by atoms with Crippen LogP contribution >= 0.6 is 15.9 Å². The van der Waals surface area contributed by atoms with Crippen LogP contribution in [0.1, 0.15) is 27.0 Å². The van der Waals surface area contributed by atoms with Crippen LogP contribution in [0.15, 0.2) is 34.8 Å². The smallest absolute Gasteiger partial charge is 0.193 e. The van der Waals surface area contributed by atoms with E-state index >= 15 is 0 Å². The normalized spacial score (nSPS) is 10.5. The van der Waals surface area contributed by atoms with Gasteiger partial charge < -0.3 is 5.73 Å². The lowest BCUT2D eigenvalue weighted by Crippen LogP contribution is -2.07. The van der Waals surface area contributed by atoms with Crippen LogP contribution in [0.25, 0.3) is 0 Å². The Hall–Kier alpha value is -1.68. The quantitative estimate of drug-likeness (QED) is 0.670. The molecule has 0 aromatic heterocycles. The van der Waals surface area contributed by atoms with Gasteiger partial charge >= 0.3 is 0 Å². The number of hydrogen-bond acceptors (Lipinski definition) is 2. The molecule has 0 amide bonds. The average molecular weight is 322 g/mol. The largest absolute Gasteiger partial charge is 0.399 e. The molecule has 0 radical (unpaired) electrons. The molecule has 0 aliphatic rings. The van der Waals surface area contributed by atoms with Gasteiger partial charge in [-0.15, -0.1) is 0 Å². The summed E-state index contributed by atoms with van der Waals surface area (Å²) in [4.78, 5) is 12.5. The van der Waals surface area contributed by atoms with Crippen LogP contribution in [0.2, 0.25) is 0 Å². The first-order valence-corrected chi connectivity index (χ1v) is 6.55. The van der Waals surface area contributed by atoms with Gasteiger partial charge in [-0.05, 0) is 55.3 Å². The SMILES string of the molecule is Cc1cc(F)cc(C)c1C(=O)c1cc(N)cc(Br)c1. The number of nitrogen functional groups attached to an aromatic ring is 1. The van der Waals surface area contributed by atoms with Crippen LogP contribution in [-0.4, -0.2) is 5.78 Å². The Morgan fingerprint density at radius 1 is 1.11 bits per heavy atom. The molecular formula is C15H13BrFNO. The molecular weight excluding hydrogens is 309 g/mol. The Bertz CT molecular complexity index is 624. The minimum absolute atomic E-state index is 0.150. The standard InChI is InChI=1S/C15H13BrFNO/c1-8-3-12(17)4-9(2)14(8)15(19)10-5-11(16)7-13(18)6-10/h3-7H,18H2,1-2H3. The summed E-state index contributed by atoms with van der Waals surface area (Å²) in [5.74, 6) is -0.483. The lowest BCUT2D eigenvalue weighted by atomic mass is 9.94. The Morgan fingerprint density at radius 3 is 2.21 bits per heavy atom. The van der Waals surface area contributed by atoms with Crippen molar-refractivity contribution in [2.24, 2.45) is 0 Å². The third-order valence-corrected chi connectivity index (χ3v) is 3.36. The second-order valence-corrected chi connectivity index (χ2v) is 5.43. The molecule has 2 aromatic rings. The van der Waals surface area contributed by atoms with Gasteiger partial charge in [0.1, 0.15) is 5.82 Å². The third-order valence-electron chi connectivity index (χ3n) is 2.91. The monoisotopic (exact) mass is 321 g/mol. The summed E-state index contributed by atoms with van der Waals surface area (Å²) in [5, 5.41) is 0. The summed E-state index contributed by atoms with van der Waals surface area (Å²) in [6, 6.07) is 7.78. The van der Waals surface area contributed by atoms with E-state index in [4.69, 9.17) is 5.73 Å². The van der Waals surface area contributed by atoms with Gasteiger partial charge in [0.15, 0.2) is 5.78 Å². The third kappa shape index (κ3) is 2.84. The number of ketones is 1. The second-order valence-electron chi connectivity index (χ2n) is 4.52. The van der Waals surface area contributed by atoms with Gasteiger partial charge in [-0.2, -0.15) is 0 Å². The van der Waals surface area contributed by atoms with Gasteiger partial charge in [-0.3, -0.25) is 4.79 Å². The molecule has 2 N–H and O–H groups in total. The molecule has 0 unspecified atom stereocenters. The predicted octanol–water partition coefficient (Wildman–Crippen LogP) is 4.02. The highest BCUT2D eigenvalue weighted by Gasteiger charge is 2.16. The van der Waals surface area contributed by atoms with Crippen molar-refractivity contribution in [1.29, 1.82) is 0 Å². The number of carbonyl (C=O) groups is 1. The van der Waals surface area contributed by atoms with Crippen molar-refractivity contribution < 1.29 is 9.18 Å². The lowest BCUT2D eigenvalue weighted by molar-refractivity contribution is 0.103. The van der Waals surface area contributed by atoms with E-state index in [1.807, 2.05) is 0 Å². The molecule has 0 bridgehead atoms. The number of carbonyl (C=O) groups excluding carboxylic acids is 1. The van der Waals surface area contributed by atoms with Crippen LogP contribution in [0.4, 0.5) is 10.1 Å². The van der Waals surface area contributed by atoms with Crippen molar-refractivity contribution >= 4 is 27.4 Å². The van der Waals surface area contributed by atoms with Crippen molar-refractivity contribution in [2.45, 2.75) is 13.8 Å². The number of aryl methyl sites for hydroxylation is 2. The molecule has 98 valence electrons. The molecule has 0 fully saturated rings. The number of hydrogen-bond donors (Lipinski definition) is 1. The lowest BCUT2D eigenvalue weighted by Gasteiger charge is -2.10. The van der Waals surface area contributed by atoms with E-state index in [1.165, 1.54) is 12.1 Å². The molecule has 2 rings (SSSR count). The van der Waals surface area contributed by atoms with Crippen LogP contribution in [0.3, 0.4) is 0 Å². The molecule has 2 aromatic carbocycles. The zero-order valence-corrected chi connectivity index (χ0v) is 12.2. The first-order chi connectivity index (χ1) is 8.88. The van der Waals surface area contributed by atoms with Crippen molar-refractivity contribution in [1.82, 2.24) is 0 Å². The van der Waals surface area contributed by atoms with Crippen LogP contribution in [-0.2, 0) is 0 Å². The highest BCUT2D eigenvalue weighted by Crippen LogP contribution is 2.23. The molecule has 2 nitrogen and oxygen atoms in total. The molecule has 0 atom stereocenters. The van der Waals surface area contributed by atoms with Crippen LogP contribution < -0.4 is 5.73 Å². The molecule has 19 heavy (non-hydrogen) atoms.